The molecule has 2 unspecified atom stereocenters. The summed E-state index contributed by atoms with van der Waals surface area (Å²) in [6, 6.07) is 11.0. The van der Waals surface area contributed by atoms with Gasteiger partial charge in [-0.25, -0.2) is 8.78 Å². The van der Waals surface area contributed by atoms with E-state index in [9.17, 15) is 18.7 Å². The molecule has 3 N–H and O–H groups in total. The van der Waals surface area contributed by atoms with Crippen LogP contribution in [-0.2, 0) is 26.9 Å². The second-order valence-corrected chi connectivity index (χ2v) is 9.72. The summed E-state index contributed by atoms with van der Waals surface area (Å²) in [5.41, 5.74) is 2.35. The summed E-state index contributed by atoms with van der Waals surface area (Å²) in [5, 5.41) is 17.1. The number of methoxy groups -OCH3 is 1. The molecule has 2 aromatic carbocycles. The summed E-state index contributed by atoms with van der Waals surface area (Å²) in [7, 11) is 1.70. The van der Waals surface area contributed by atoms with Gasteiger partial charge in [0.15, 0.2) is 0 Å². The van der Waals surface area contributed by atoms with Crippen LogP contribution in [0, 0.1) is 11.6 Å². The molecule has 1 aliphatic rings. The van der Waals surface area contributed by atoms with E-state index in [1.165, 1.54) is 24.6 Å². The Morgan fingerprint density at radius 2 is 1.85 bits per heavy atom. The van der Waals surface area contributed by atoms with E-state index in [1.807, 2.05) is 6.07 Å². The number of benzene rings is 2. The van der Waals surface area contributed by atoms with Gasteiger partial charge in [-0.1, -0.05) is 38.1 Å². The lowest BCUT2D eigenvalue weighted by atomic mass is 9.83. The molecular weight excluding hydrogens is 426 g/mol. The lowest BCUT2D eigenvalue weighted by Crippen LogP contribution is -2.49. The lowest BCUT2D eigenvalue weighted by molar-refractivity contribution is -0.120. The first-order chi connectivity index (χ1) is 15.5. The fourth-order valence-electron chi connectivity index (χ4n) is 4.34. The molecule has 0 bridgehead atoms. The first-order valence-corrected chi connectivity index (χ1v) is 11.3. The van der Waals surface area contributed by atoms with Crippen molar-refractivity contribution in [2.24, 2.45) is 0 Å². The quantitative estimate of drug-likeness (QED) is 0.480. The maximum atomic E-state index is 13.6. The standard InChI is InChI=1S/C26H34F2N2O3/c1-17(31)30-23(12-18-10-21(27)14-22(28)11-18)24(32)15-29-26(8-9-26)20-7-5-6-19(13-20)25(2,3)16-33-4/h5-7,10-11,13-14,23-24,29,32H,8-9,12,15-16H2,1-4H3,(H,30,31). The van der Waals surface area contributed by atoms with Crippen LogP contribution in [0.25, 0.3) is 0 Å². The van der Waals surface area contributed by atoms with Gasteiger partial charge in [0, 0.05) is 37.6 Å². The summed E-state index contributed by atoms with van der Waals surface area (Å²) in [4.78, 5) is 11.7. The average Bonchev–Trinajstić information content (AvgIpc) is 3.52. The molecule has 2 aromatic rings. The van der Waals surface area contributed by atoms with Crippen molar-refractivity contribution in [1.29, 1.82) is 0 Å². The van der Waals surface area contributed by atoms with Crippen molar-refractivity contribution in [1.82, 2.24) is 10.6 Å². The van der Waals surface area contributed by atoms with Gasteiger partial charge >= 0.3 is 0 Å². The third-order valence-corrected chi connectivity index (χ3v) is 6.33. The number of ether oxygens (including phenoxy) is 1. The highest BCUT2D eigenvalue weighted by Crippen LogP contribution is 2.46. The van der Waals surface area contributed by atoms with Crippen molar-refractivity contribution in [3.63, 3.8) is 0 Å². The summed E-state index contributed by atoms with van der Waals surface area (Å²) in [6.07, 6.45) is 1.05. The van der Waals surface area contributed by atoms with Crippen molar-refractivity contribution >= 4 is 5.91 Å². The summed E-state index contributed by atoms with van der Waals surface area (Å²) >= 11 is 0. The molecule has 1 fully saturated rings. The Morgan fingerprint density at radius 3 is 2.42 bits per heavy atom. The number of amides is 1. The van der Waals surface area contributed by atoms with Crippen LogP contribution in [-0.4, -0.2) is 43.4 Å². The number of hydrogen-bond acceptors (Lipinski definition) is 4. The fraction of sp³-hybridized carbons (Fsp3) is 0.500. The van der Waals surface area contributed by atoms with E-state index in [1.54, 1.807) is 7.11 Å². The Labute approximate surface area is 194 Å². The molecule has 0 saturated heterocycles. The van der Waals surface area contributed by atoms with E-state index in [4.69, 9.17) is 4.74 Å². The number of carbonyl (C=O) groups excluding carboxylic acids is 1. The van der Waals surface area contributed by atoms with Crippen LogP contribution in [0.4, 0.5) is 8.78 Å². The second kappa shape index (κ2) is 10.3. The number of halogens is 2. The molecule has 33 heavy (non-hydrogen) atoms. The predicted molar refractivity (Wildman–Crippen MR) is 124 cm³/mol. The van der Waals surface area contributed by atoms with E-state index >= 15 is 0 Å². The number of aliphatic hydroxyl groups is 1. The van der Waals surface area contributed by atoms with Gasteiger partial charge in [0.1, 0.15) is 11.6 Å². The van der Waals surface area contributed by atoms with Crippen LogP contribution in [0.3, 0.4) is 0 Å². The minimum absolute atomic E-state index is 0.116. The van der Waals surface area contributed by atoms with Crippen LogP contribution in [0.15, 0.2) is 42.5 Å². The van der Waals surface area contributed by atoms with Crippen LogP contribution in [0.2, 0.25) is 0 Å². The van der Waals surface area contributed by atoms with Gasteiger partial charge in [0.25, 0.3) is 0 Å². The Kier molecular flexibility index (Phi) is 7.88. The minimum atomic E-state index is -0.939. The van der Waals surface area contributed by atoms with Crippen LogP contribution in [0.1, 0.15) is 50.3 Å². The Hall–Kier alpha value is -2.35. The molecule has 2 atom stereocenters. The van der Waals surface area contributed by atoms with Crippen molar-refractivity contribution in [3.05, 3.63) is 70.8 Å². The smallest absolute Gasteiger partial charge is 0.217 e. The van der Waals surface area contributed by atoms with E-state index in [-0.39, 0.29) is 29.8 Å². The zero-order valence-corrected chi connectivity index (χ0v) is 19.8. The average molecular weight is 461 g/mol. The Balaban J connectivity index is 1.71. The fourth-order valence-corrected chi connectivity index (χ4v) is 4.34. The SMILES string of the molecule is COCC(C)(C)c1cccc(C2(NCC(O)C(Cc3cc(F)cc(F)c3)NC(C)=O)CC2)c1. The van der Waals surface area contributed by atoms with Gasteiger partial charge in [-0.2, -0.15) is 0 Å². The van der Waals surface area contributed by atoms with Crippen molar-refractivity contribution in [3.8, 4) is 0 Å². The van der Waals surface area contributed by atoms with Crippen LogP contribution >= 0.6 is 0 Å². The topological polar surface area (TPSA) is 70.6 Å². The highest BCUT2D eigenvalue weighted by Gasteiger charge is 2.44. The van der Waals surface area contributed by atoms with Gasteiger partial charge in [-0.3, -0.25) is 4.79 Å². The maximum Gasteiger partial charge on any atom is 0.217 e. The van der Waals surface area contributed by atoms with Crippen molar-refractivity contribution < 1.29 is 23.4 Å². The Bertz CT molecular complexity index is 956. The highest BCUT2D eigenvalue weighted by molar-refractivity contribution is 5.73. The zero-order chi connectivity index (χ0) is 24.2. The number of carbonyl (C=O) groups is 1. The monoisotopic (exact) mass is 460 g/mol. The molecule has 1 saturated carbocycles. The predicted octanol–water partition coefficient (Wildman–Crippen LogP) is 3.58. The molecule has 0 radical (unpaired) electrons. The molecule has 5 nitrogen and oxygen atoms in total. The third-order valence-electron chi connectivity index (χ3n) is 6.33. The third kappa shape index (κ3) is 6.59. The summed E-state index contributed by atoms with van der Waals surface area (Å²) < 4.78 is 32.6. The molecule has 180 valence electrons. The lowest BCUT2D eigenvalue weighted by Gasteiger charge is -2.28. The normalized spacial score (nSPS) is 16.8. The highest BCUT2D eigenvalue weighted by atomic mass is 19.1. The number of rotatable bonds is 11. The molecule has 0 aliphatic heterocycles. The van der Waals surface area contributed by atoms with Crippen molar-refractivity contribution in [2.75, 3.05) is 20.3 Å². The summed E-state index contributed by atoms with van der Waals surface area (Å²) in [6.45, 7) is 6.47. The molecule has 1 amide bonds. The van der Waals surface area contributed by atoms with E-state index in [0.717, 1.165) is 24.5 Å². The van der Waals surface area contributed by atoms with Crippen LogP contribution in [0.5, 0.6) is 0 Å². The van der Waals surface area contributed by atoms with E-state index in [2.05, 4.69) is 42.7 Å². The van der Waals surface area contributed by atoms with E-state index < -0.39 is 23.8 Å². The molecular formula is C26H34F2N2O3. The second-order valence-electron chi connectivity index (χ2n) is 9.72. The Morgan fingerprint density at radius 1 is 1.18 bits per heavy atom. The van der Waals surface area contributed by atoms with Gasteiger partial charge in [0.2, 0.25) is 5.91 Å². The maximum absolute atomic E-state index is 13.6. The van der Waals surface area contributed by atoms with Crippen molar-refractivity contribution in [2.45, 2.75) is 63.1 Å². The van der Waals surface area contributed by atoms with Gasteiger partial charge in [-0.15, -0.1) is 0 Å². The van der Waals surface area contributed by atoms with E-state index in [0.29, 0.717) is 12.2 Å². The first-order valence-electron chi connectivity index (χ1n) is 11.3. The molecule has 0 aromatic heterocycles. The molecule has 3 rings (SSSR count). The van der Waals surface area contributed by atoms with Crippen LogP contribution < -0.4 is 10.6 Å². The van der Waals surface area contributed by atoms with Gasteiger partial charge < -0.3 is 20.5 Å². The number of aliphatic hydroxyl groups excluding tert-OH is 1. The molecule has 1 aliphatic carbocycles. The largest absolute Gasteiger partial charge is 0.390 e. The molecule has 0 heterocycles. The minimum Gasteiger partial charge on any atom is -0.390 e. The number of nitrogens with one attached hydrogen (secondary N) is 2. The number of hydrogen-bond donors (Lipinski definition) is 3. The molecule has 7 heteroatoms. The first kappa shape index (κ1) is 25.3. The molecule has 0 spiro atoms. The summed E-state index contributed by atoms with van der Waals surface area (Å²) in [5.74, 6) is -1.69. The van der Waals surface area contributed by atoms with Gasteiger partial charge in [-0.05, 0) is 48.1 Å². The zero-order valence-electron chi connectivity index (χ0n) is 19.8. The van der Waals surface area contributed by atoms with Gasteiger partial charge in [0.05, 0.1) is 18.8 Å².